The molecule has 0 aromatic carbocycles. The molecular formula is C13H33P2+. The lowest BCUT2D eigenvalue weighted by Gasteiger charge is -2.10. The SMILES string of the molecule is CCCCCCCCCC[P+](C)(C)C.P. The van der Waals surface area contributed by atoms with Crippen LogP contribution in [-0.2, 0) is 0 Å². The van der Waals surface area contributed by atoms with E-state index in [1.807, 2.05) is 0 Å². The molecule has 0 bridgehead atoms. The minimum absolute atomic E-state index is 0. The van der Waals surface area contributed by atoms with Crippen molar-refractivity contribution in [2.45, 2.75) is 58.3 Å². The van der Waals surface area contributed by atoms with Crippen LogP contribution in [0.3, 0.4) is 0 Å². The first-order valence-electron chi connectivity index (χ1n) is 6.36. The van der Waals surface area contributed by atoms with E-state index in [0.717, 1.165) is 0 Å². The fourth-order valence-corrected chi connectivity index (χ4v) is 2.89. The van der Waals surface area contributed by atoms with E-state index in [9.17, 15) is 0 Å². The molecule has 1 unspecified atom stereocenters. The average Bonchev–Trinajstić information content (AvgIpc) is 2.08. The van der Waals surface area contributed by atoms with Gasteiger partial charge in [-0.25, -0.2) is 0 Å². The van der Waals surface area contributed by atoms with Crippen molar-refractivity contribution >= 4 is 17.2 Å². The van der Waals surface area contributed by atoms with Gasteiger partial charge in [-0.15, -0.1) is 0 Å². The molecule has 0 spiro atoms. The molecule has 1 atom stereocenters. The van der Waals surface area contributed by atoms with Crippen molar-refractivity contribution in [3.63, 3.8) is 0 Å². The monoisotopic (exact) mass is 251 g/mol. The van der Waals surface area contributed by atoms with Crippen LogP contribution in [0.2, 0.25) is 0 Å². The summed E-state index contributed by atoms with van der Waals surface area (Å²) in [4.78, 5) is 0. The van der Waals surface area contributed by atoms with Crippen molar-refractivity contribution < 1.29 is 0 Å². The van der Waals surface area contributed by atoms with E-state index in [2.05, 4.69) is 26.9 Å². The Balaban J connectivity index is 0. The van der Waals surface area contributed by atoms with Crippen LogP contribution in [0, 0.1) is 0 Å². The van der Waals surface area contributed by atoms with Gasteiger partial charge >= 0.3 is 0 Å². The Morgan fingerprint density at radius 2 is 1.07 bits per heavy atom. The first kappa shape index (κ1) is 18.2. The van der Waals surface area contributed by atoms with Gasteiger partial charge in [0, 0.05) is 27.3 Å². The maximum absolute atomic E-state index is 2.45. The number of unbranched alkanes of at least 4 members (excludes halogenated alkanes) is 7. The van der Waals surface area contributed by atoms with E-state index in [-0.39, 0.29) is 9.90 Å². The zero-order valence-electron chi connectivity index (χ0n) is 11.5. The van der Waals surface area contributed by atoms with Crippen molar-refractivity contribution in [2.75, 3.05) is 26.2 Å². The van der Waals surface area contributed by atoms with Crippen molar-refractivity contribution in [2.24, 2.45) is 0 Å². The van der Waals surface area contributed by atoms with Crippen LogP contribution in [0.4, 0.5) is 0 Å². The van der Waals surface area contributed by atoms with E-state index in [4.69, 9.17) is 0 Å². The molecule has 15 heavy (non-hydrogen) atoms. The van der Waals surface area contributed by atoms with Gasteiger partial charge in [0.2, 0.25) is 0 Å². The minimum Gasteiger partial charge on any atom is -0.153 e. The lowest BCUT2D eigenvalue weighted by molar-refractivity contribution is 0.586. The highest BCUT2D eigenvalue weighted by Gasteiger charge is 2.15. The van der Waals surface area contributed by atoms with E-state index < -0.39 is 7.26 Å². The summed E-state index contributed by atoms with van der Waals surface area (Å²) in [6.45, 7) is 9.64. The largest absolute Gasteiger partial charge is 0.153 e. The predicted molar refractivity (Wildman–Crippen MR) is 83.3 cm³/mol. The molecule has 0 amide bonds. The second-order valence-electron chi connectivity index (χ2n) is 5.49. The Morgan fingerprint density at radius 1 is 0.667 bits per heavy atom. The highest BCUT2D eigenvalue weighted by molar-refractivity contribution is 7.73. The van der Waals surface area contributed by atoms with Gasteiger partial charge in [-0.05, 0) is 12.8 Å². The van der Waals surface area contributed by atoms with Crippen LogP contribution >= 0.6 is 17.2 Å². The Morgan fingerprint density at radius 3 is 1.47 bits per heavy atom. The maximum atomic E-state index is 2.45. The molecule has 0 rings (SSSR count). The summed E-state index contributed by atoms with van der Waals surface area (Å²) in [6.07, 6.45) is 13.1. The first-order valence-corrected chi connectivity index (χ1v) is 9.68. The van der Waals surface area contributed by atoms with Crippen LogP contribution in [-0.4, -0.2) is 26.2 Å². The third-order valence-electron chi connectivity index (χ3n) is 2.68. The molecular weight excluding hydrogens is 218 g/mol. The van der Waals surface area contributed by atoms with Crippen LogP contribution in [0.5, 0.6) is 0 Å². The van der Waals surface area contributed by atoms with E-state index in [1.54, 1.807) is 0 Å². The molecule has 0 aromatic heterocycles. The van der Waals surface area contributed by atoms with Crippen LogP contribution in [0.15, 0.2) is 0 Å². The smallest absolute Gasteiger partial charge is 0.0586 e. The van der Waals surface area contributed by atoms with E-state index in [1.165, 1.54) is 57.5 Å². The van der Waals surface area contributed by atoms with Gasteiger partial charge in [0.1, 0.15) is 0 Å². The molecule has 0 N–H and O–H groups in total. The summed E-state index contributed by atoms with van der Waals surface area (Å²) < 4.78 is 0. The summed E-state index contributed by atoms with van der Waals surface area (Å²) in [5, 5.41) is 0. The topological polar surface area (TPSA) is 0 Å². The van der Waals surface area contributed by atoms with Crippen molar-refractivity contribution in [1.29, 1.82) is 0 Å². The molecule has 0 saturated carbocycles. The zero-order valence-corrected chi connectivity index (χ0v) is 13.8. The molecule has 2 heteroatoms. The van der Waals surface area contributed by atoms with Crippen LogP contribution in [0.1, 0.15) is 58.3 Å². The molecule has 94 valence electrons. The Hall–Kier alpha value is 0.860. The Labute approximate surface area is 102 Å². The van der Waals surface area contributed by atoms with Crippen molar-refractivity contribution in [3.8, 4) is 0 Å². The molecule has 0 aliphatic rings. The molecule has 0 heterocycles. The fraction of sp³-hybridized carbons (Fsp3) is 1.00. The second-order valence-corrected chi connectivity index (χ2v) is 10.5. The van der Waals surface area contributed by atoms with Crippen molar-refractivity contribution in [3.05, 3.63) is 0 Å². The predicted octanol–water partition coefficient (Wildman–Crippen LogP) is 5.09. The highest BCUT2D eigenvalue weighted by atomic mass is 31.2. The molecule has 0 nitrogen and oxygen atoms in total. The Kier molecular flexibility index (Phi) is 13.8. The van der Waals surface area contributed by atoms with Crippen LogP contribution in [0.25, 0.3) is 0 Å². The third-order valence-corrected chi connectivity index (χ3v) is 4.34. The quantitative estimate of drug-likeness (QED) is 0.395. The van der Waals surface area contributed by atoms with Crippen molar-refractivity contribution in [1.82, 2.24) is 0 Å². The molecule has 0 saturated heterocycles. The van der Waals surface area contributed by atoms with Gasteiger partial charge in [0.25, 0.3) is 0 Å². The van der Waals surface area contributed by atoms with E-state index in [0.29, 0.717) is 0 Å². The highest BCUT2D eigenvalue weighted by Crippen LogP contribution is 2.47. The zero-order chi connectivity index (χ0) is 10.9. The fourth-order valence-electron chi connectivity index (χ4n) is 1.72. The number of rotatable bonds is 9. The average molecular weight is 251 g/mol. The standard InChI is InChI=1S/C13H30P.H3P/c1-5-6-7-8-9-10-11-12-13-14(2,3)4;/h5-13H2,1-4H3;1H3/q+1;. The maximum Gasteiger partial charge on any atom is 0.0586 e. The summed E-state index contributed by atoms with van der Waals surface area (Å²) in [7, 11) is -0.482. The van der Waals surface area contributed by atoms with E-state index >= 15 is 0 Å². The van der Waals surface area contributed by atoms with Gasteiger partial charge in [-0.2, -0.15) is 9.90 Å². The lowest BCUT2D eigenvalue weighted by atomic mass is 10.1. The number of hydrogen-bond donors (Lipinski definition) is 0. The molecule has 0 fully saturated rings. The van der Waals surface area contributed by atoms with Gasteiger partial charge in [-0.3, -0.25) is 0 Å². The summed E-state index contributed by atoms with van der Waals surface area (Å²) in [5.41, 5.74) is 0. The minimum atomic E-state index is -0.482. The van der Waals surface area contributed by atoms with Gasteiger partial charge in [0.15, 0.2) is 0 Å². The summed E-state index contributed by atoms with van der Waals surface area (Å²) in [5.74, 6) is 0. The van der Waals surface area contributed by atoms with Gasteiger partial charge < -0.3 is 0 Å². The summed E-state index contributed by atoms with van der Waals surface area (Å²) in [6, 6.07) is 0. The molecule has 0 aliphatic heterocycles. The van der Waals surface area contributed by atoms with Gasteiger partial charge in [0.05, 0.1) is 6.16 Å². The van der Waals surface area contributed by atoms with Crippen LogP contribution < -0.4 is 0 Å². The Bertz CT molecular complexity index is 116. The molecule has 0 aromatic rings. The first-order chi connectivity index (χ1) is 6.56. The second kappa shape index (κ2) is 11.3. The normalized spacial score (nSPS) is 11.2. The lowest BCUT2D eigenvalue weighted by Crippen LogP contribution is -1.92. The third kappa shape index (κ3) is 17.5. The number of hydrogen-bond acceptors (Lipinski definition) is 0. The molecule has 0 aliphatic carbocycles. The summed E-state index contributed by atoms with van der Waals surface area (Å²) >= 11 is 0. The van der Waals surface area contributed by atoms with Gasteiger partial charge in [-0.1, -0.05) is 45.4 Å². The molecule has 0 radical (unpaired) electrons.